The zero-order chi connectivity index (χ0) is 10.1. The average molecular weight is 206 g/mol. The first kappa shape index (κ1) is 9.30. The van der Waals surface area contributed by atoms with Crippen LogP contribution in [0.4, 0.5) is 0 Å². The van der Waals surface area contributed by atoms with E-state index in [-0.39, 0.29) is 4.90 Å². The van der Waals surface area contributed by atoms with Crippen LogP contribution in [0.3, 0.4) is 0 Å². The van der Waals surface area contributed by atoms with Gasteiger partial charge in [0.05, 0.1) is 10.4 Å². The lowest BCUT2D eigenvalue weighted by Crippen LogP contribution is -1.92. The minimum atomic E-state index is -2.22. The molecule has 0 aliphatic heterocycles. The first-order valence-electron chi connectivity index (χ1n) is 4.13. The second kappa shape index (κ2) is 3.48. The van der Waals surface area contributed by atoms with Gasteiger partial charge in [0.25, 0.3) is 0 Å². The third-order valence-electron chi connectivity index (χ3n) is 1.99. The van der Waals surface area contributed by atoms with Crippen molar-refractivity contribution in [3.63, 3.8) is 0 Å². The number of rotatable bonds is 1. The summed E-state index contributed by atoms with van der Waals surface area (Å²) in [5.41, 5.74) is 1.55. The Morgan fingerprint density at radius 1 is 1.43 bits per heavy atom. The first-order chi connectivity index (χ1) is 6.68. The molecule has 0 spiro atoms. The molecule has 2 aromatic rings. The molecule has 2 rings (SSSR count). The van der Waals surface area contributed by atoms with Gasteiger partial charge < -0.3 is 4.55 Å². The fourth-order valence-corrected chi connectivity index (χ4v) is 1.90. The van der Waals surface area contributed by atoms with Crippen LogP contribution in [0.25, 0.3) is 10.9 Å². The zero-order valence-electron chi connectivity index (χ0n) is 7.56. The molecule has 0 amide bonds. The molecule has 0 bridgehead atoms. The summed E-state index contributed by atoms with van der Waals surface area (Å²) in [7, 11) is 0. The van der Waals surface area contributed by atoms with Crippen LogP contribution in [-0.2, 0) is 11.1 Å². The van der Waals surface area contributed by atoms with E-state index in [1.54, 1.807) is 18.3 Å². The molecule has 1 aromatic carbocycles. The Kier molecular flexibility index (Phi) is 2.31. The van der Waals surface area contributed by atoms with Gasteiger partial charge in [-0.25, -0.2) is 0 Å². The maximum absolute atomic E-state index is 10.9. The maximum atomic E-state index is 10.9. The summed E-state index contributed by atoms with van der Waals surface area (Å²) in [6.45, 7) is 1.92. The van der Waals surface area contributed by atoms with E-state index in [4.69, 9.17) is 0 Å². The fraction of sp³-hybridized carbons (Fsp3) is 0.100. The van der Waals surface area contributed by atoms with Crippen LogP contribution >= 0.6 is 0 Å². The van der Waals surface area contributed by atoms with Gasteiger partial charge in [-0.3, -0.25) is 9.19 Å². The number of aryl methyl sites for hydroxylation is 1. The van der Waals surface area contributed by atoms with Crippen molar-refractivity contribution in [1.29, 1.82) is 0 Å². The standard InChI is InChI=1S/C10H9NO2S/c1-7-5-8-3-2-4-9(14(12)13)10(8)11-6-7/h2-6H,1H3,(H,12,13)/p-1. The highest BCUT2D eigenvalue weighted by molar-refractivity contribution is 7.79. The van der Waals surface area contributed by atoms with Gasteiger partial charge in [-0.15, -0.1) is 0 Å². The van der Waals surface area contributed by atoms with Crippen molar-refractivity contribution in [3.8, 4) is 0 Å². The number of pyridine rings is 1. The summed E-state index contributed by atoms with van der Waals surface area (Å²) in [5, 5.41) is 0.853. The van der Waals surface area contributed by atoms with E-state index in [0.717, 1.165) is 10.9 Å². The van der Waals surface area contributed by atoms with Gasteiger partial charge in [-0.2, -0.15) is 0 Å². The predicted octanol–water partition coefficient (Wildman–Crippen LogP) is 1.78. The molecule has 1 atom stereocenters. The Labute approximate surface area is 84.1 Å². The van der Waals surface area contributed by atoms with Crippen molar-refractivity contribution in [2.24, 2.45) is 0 Å². The van der Waals surface area contributed by atoms with Crippen LogP contribution in [0.1, 0.15) is 5.56 Å². The molecule has 0 aliphatic carbocycles. The molecule has 0 saturated heterocycles. The Morgan fingerprint density at radius 2 is 2.21 bits per heavy atom. The SMILES string of the molecule is Cc1cnc2c(S(=O)[O-])cccc2c1. The molecule has 0 saturated carbocycles. The number of fused-ring (bicyclic) bond motifs is 1. The Balaban J connectivity index is 2.81. The smallest absolute Gasteiger partial charge is 0.0851 e. The van der Waals surface area contributed by atoms with Crippen LogP contribution in [0, 0.1) is 6.92 Å². The number of para-hydroxylation sites is 1. The maximum Gasteiger partial charge on any atom is 0.0851 e. The van der Waals surface area contributed by atoms with Gasteiger partial charge in [0.15, 0.2) is 0 Å². The molecular formula is C10H8NO2S-. The molecule has 0 radical (unpaired) electrons. The van der Waals surface area contributed by atoms with Crippen molar-refractivity contribution in [1.82, 2.24) is 4.98 Å². The number of hydrogen-bond donors (Lipinski definition) is 0. The zero-order valence-corrected chi connectivity index (χ0v) is 8.38. The number of aromatic nitrogens is 1. The van der Waals surface area contributed by atoms with E-state index >= 15 is 0 Å². The highest BCUT2D eigenvalue weighted by atomic mass is 32.2. The van der Waals surface area contributed by atoms with Crippen molar-refractivity contribution < 1.29 is 8.76 Å². The van der Waals surface area contributed by atoms with Crippen LogP contribution < -0.4 is 0 Å². The van der Waals surface area contributed by atoms with E-state index in [9.17, 15) is 8.76 Å². The quantitative estimate of drug-likeness (QED) is 0.668. The lowest BCUT2D eigenvalue weighted by atomic mass is 10.2. The second-order valence-electron chi connectivity index (χ2n) is 3.08. The first-order valence-corrected chi connectivity index (χ1v) is 5.20. The Bertz CT molecular complexity index is 510. The molecule has 4 heteroatoms. The van der Waals surface area contributed by atoms with Crippen molar-refractivity contribution >= 4 is 22.0 Å². The van der Waals surface area contributed by atoms with Gasteiger partial charge in [0.2, 0.25) is 0 Å². The van der Waals surface area contributed by atoms with Crippen LogP contribution in [-0.4, -0.2) is 13.7 Å². The molecule has 0 aliphatic rings. The number of nitrogens with zero attached hydrogens (tertiary/aromatic N) is 1. The van der Waals surface area contributed by atoms with Crippen molar-refractivity contribution in [3.05, 3.63) is 36.0 Å². The minimum absolute atomic E-state index is 0.252. The van der Waals surface area contributed by atoms with Gasteiger partial charge in [0, 0.05) is 11.6 Å². The van der Waals surface area contributed by atoms with E-state index in [0.29, 0.717) is 5.52 Å². The lowest BCUT2D eigenvalue weighted by molar-refractivity contribution is 0.538. The fourth-order valence-electron chi connectivity index (χ4n) is 1.38. The topological polar surface area (TPSA) is 53.0 Å². The van der Waals surface area contributed by atoms with E-state index in [2.05, 4.69) is 4.98 Å². The van der Waals surface area contributed by atoms with Crippen molar-refractivity contribution in [2.75, 3.05) is 0 Å². The van der Waals surface area contributed by atoms with Gasteiger partial charge >= 0.3 is 0 Å². The second-order valence-corrected chi connectivity index (χ2v) is 3.98. The Morgan fingerprint density at radius 3 is 2.93 bits per heavy atom. The van der Waals surface area contributed by atoms with Crippen molar-refractivity contribution in [2.45, 2.75) is 11.8 Å². The highest BCUT2D eigenvalue weighted by Gasteiger charge is 2.01. The molecule has 72 valence electrons. The lowest BCUT2D eigenvalue weighted by Gasteiger charge is -2.08. The van der Waals surface area contributed by atoms with E-state index in [1.807, 2.05) is 19.1 Å². The summed E-state index contributed by atoms with van der Waals surface area (Å²) in [6.07, 6.45) is 1.67. The summed E-state index contributed by atoms with van der Waals surface area (Å²) in [6, 6.07) is 7.03. The monoisotopic (exact) mass is 206 g/mol. The molecule has 1 aromatic heterocycles. The minimum Gasteiger partial charge on any atom is -0.768 e. The summed E-state index contributed by atoms with van der Waals surface area (Å²) in [5.74, 6) is 0. The molecule has 14 heavy (non-hydrogen) atoms. The third kappa shape index (κ3) is 1.54. The normalized spacial score (nSPS) is 13.0. The summed E-state index contributed by atoms with van der Waals surface area (Å²) in [4.78, 5) is 4.36. The molecule has 1 unspecified atom stereocenters. The summed E-state index contributed by atoms with van der Waals surface area (Å²) < 4.78 is 21.7. The highest BCUT2D eigenvalue weighted by Crippen LogP contribution is 2.19. The molecule has 3 nitrogen and oxygen atoms in total. The van der Waals surface area contributed by atoms with Crippen LogP contribution in [0.15, 0.2) is 35.4 Å². The molecule has 0 N–H and O–H groups in total. The number of hydrogen-bond acceptors (Lipinski definition) is 3. The molecule has 1 heterocycles. The van der Waals surface area contributed by atoms with Crippen LogP contribution in [0.5, 0.6) is 0 Å². The van der Waals surface area contributed by atoms with Gasteiger partial charge in [0.1, 0.15) is 0 Å². The summed E-state index contributed by atoms with van der Waals surface area (Å²) >= 11 is -2.22. The van der Waals surface area contributed by atoms with Crippen LogP contribution in [0.2, 0.25) is 0 Å². The molecule has 0 fully saturated rings. The molecular weight excluding hydrogens is 198 g/mol. The number of benzene rings is 1. The van der Waals surface area contributed by atoms with E-state index < -0.39 is 11.1 Å². The third-order valence-corrected chi connectivity index (χ3v) is 2.68. The predicted molar refractivity (Wildman–Crippen MR) is 53.7 cm³/mol. The van der Waals surface area contributed by atoms with E-state index in [1.165, 1.54) is 0 Å². The Hall–Kier alpha value is -1.26. The van der Waals surface area contributed by atoms with Gasteiger partial charge in [-0.05, 0) is 35.7 Å². The van der Waals surface area contributed by atoms with Gasteiger partial charge in [-0.1, -0.05) is 12.1 Å². The average Bonchev–Trinajstić information content (AvgIpc) is 2.16. The largest absolute Gasteiger partial charge is 0.768 e.